The Morgan fingerprint density at radius 1 is 1.27 bits per heavy atom. The molecule has 0 amide bonds. The van der Waals surface area contributed by atoms with Crippen molar-refractivity contribution >= 4 is 32.4 Å². The van der Waals surface area contributed by atoms with Gasteiger partial charge in [0.05, 0.1) is 11.9 Å². The van der Waals surface area contributed by atoms with Gasteiger partial charge in [0.1, 0.15) is 21.8 Å². The number of aryl methyl sites for hydroxylation is 1. The number of pyridine rings is 1. The molecule has 2 N–H and O–H groups in total. The summed E-state index contributed by atoms with van der Waals surface area (Å²) in [7, 11) is -4.11. The van der Waals surface area contributed by atoms with E-state index in [1.54, 1.807) is 44.2 Å². The number of rotatable bonds is 4. The fraction of sp³-hybridized carbons (Fsp3) is 0.190. The first-order valence-corrected chi connectivity index (χ1v) is 10.6. The topological polar surface area (TPSA) is 108 Å². The van der Waals surface area contributed by atoms with E-state index in [0.717, 1.165) is 6.07 Å². The summed E-state index contributed by atoms with van der Waals surface area (Å²) >= 11 is 0. The van der Waals surface area contributed by atoms with E-state index in [0.29, 0.717) is 9.65 Å². The molecule has 1 aliphatic rings. The zero-order chi connectivity index (χ0) is 21.7. The van der Waals surface area contributed by atoms with Crippen molar-refractivity contribution < 1.29 is 17.6 Å². The van der Waals surface area contributed by atoms with E-state index in [9.17, 15) is 17.6 Å². The van der Waals surface area contributed by atoms with Crippen molar-refractivity contribution in [2.45, 2.75) is 25.0 Å². The van der Waals surface area contributed by atoms with Crippen molar-refractivity contribution in [3.63, 3.8) is 0 Å². The van der Waals surface area contributed by atoms with Crippen molar-refractivity contribution in [1.29, 1.82) is 0 Å². The van der Waals surface area contributed by atoms with Crippen LogP contribution in [-0.2, 0) is 10.0 Å². The number of anilines is 1. The summed E-state index contributed by atoms with van der Waals surface area (Å²) in [6, 6.07) is 4.01. The van der Waals surface area contributed by atoms with Crippen molar-refractivity contribution in [3.05, 3.63) is 77.5 Å². The van der Waals surface area contributed by atoms with Crippen LogP contribution in [0.5, 0.6) is 0 Å². The first kappa shape index (κ1) is 20.0. The van der Waals surface area contributed by atoms with Gasteiger partial charge in [-0.3, -0.25) is 9.78 Å². The van der Waals surface area contributed by atoms with Crippen LogP contribution in [0.3, 0.4) is 0 Å². The molecule has 0 bridgehead atoms. The normalized spacial score (nSPS) is 18.8. The molecule has 0 saturated carbocycles. The number of benzene rings is 1. The number of fused-ring (bicyclic) bond motifs is 1. The molecule has 30 heavy (non-hydrogen) atoms. The third-order valence-electron chi connectivity index (χ3n) is 5.35. The third kappa shape index (κ3) is 2.85. The molecule has 2 aromatic heterocycles. The van der Waals surface area contributed by atoms with E-state index in [2.05, 4.69) is 10.1 Å². The molecule has 1 unspecified atom stereocenters. The lowest BCUT2D eigenvalue weighted by molar-refractivity contribution is 0.103. The number of hydrogen-bond donors (Lipinski definition) is 1. The monoisotopic (exact) mass is 426 g/mol. The van der Waals surface area contributed by atoms with Crippen LogP contribution >= 0.6 is 0 Å². The lowest BCUT2D eigenvalue weighted by atomic mass is 10.0. The minimum atomic E-state index is -4.11. The standard InChI is InChI=1S/C21H19FN4O3S/c1-13-8-11-24-18(17(13)23)20(27)14-6-7-16(22)19-15(14)12-25-26(19)30(28,29)21(2)9-4-3-5-10-21/h3-9,11-12H,10,23H2,1-2H3. The molecule has 1 aliphatic carbocycles. The van der Waals surface area contributed by atoms with Crippen molar-refractivity contribution in [3.8, 4) is 0 Å². The SMILES string of the molecule is Cc1ccnc(C(=O)c2ccc(F)c3c2cnn3S(=O)(=O)C2(C)C=CC=CC2)c1N. The van der Waals surface area contributed by atoms with E-state index < -0.39 is 26.4 Å². The molecule has 1 atom stereocenters. The Labute approximate surface area is 172 Å². The maximum absolute atomic E-state index is 14.8. The number of halogens is 1. The molecular weight excluding hydrogens is 407 g/mol. The zero-order valence-electron chi connectivity index (χ0n) is 16.3. The molecule has 1 aromatic carbocycles. The largest absolute Gasteiger partial charge is 0.397 e. The van der Waals surface area contributed by atoms with Crippen molar-refractivity contribution in [2.24, 2.45) is 0 Å². The fourth-order valence-electron chi connectivity index (χ4n) is 3.43. The molecular formula is C21H19FN4O3S. The Balaban J connectivity index is 1.92. The summed E-state index contributed by atoms with van der Waals surface area (Å²) in [5, 5.41) is 4.03. The van der Waals surface area contributed by atoms with E-state index in [1.807, 2.05) is 0 Å². The molecule has 9 heteroatoms. The number of nitrogens with two attached hydrogens (primary N) is 1. The first-order chi connectivity index (χ1) is 14.2. The van der Waals surface area contributed by atoms with Crippen molar-refractivity contribution in [1.82, 2.24) is 14.2 Å². The van der Waals surface area contributed by atoms with Crippen molar-refractivity contribution in [2.75, 3.05) is 5.73 Å². The highest BCUT2D eigenvalue weighted by Crippen LogP contribution is 2.33. The number of aromatic nitrogens is 3. The average Bonchev–Trinajstić information content (AvgIpc) is 3.17. The highest BCUT2D eigenvalue weighted by molar-refractivity contribution is 7.91. The van der Waals surface area contributed by atoms with Crippen LogP contribution in [0, 0.1) is 12.7 Å². The van der Waals surface area contributed by atoms with E-state index in [-0.39, 0.29) is 34.3 Å². The number of carbonyl (C=O) groups excluding carboxylic acids is 1. The molecule has 0 spiro atoms. The van der Waals surface area contributed by atoms with E-state index >= 15 is 0 Å². The van der Waals surface area contributed by atoms with Crippen LogP contribution in [-0.4, -0.2) is 33.1 Å². The van der Waals surface area contributed by atoms with Gasteiger partial charge in [0, 0.05) is 17.1 Å². The number of allylic oxidation sites excluding steroid dienone is 3. The third-order valence-corrected chi connectivity index (χ3v) is 7.57. The summed E-state index contributed by atoms with van der Waals surface area (Å²) in [5.41, 5.74) is 6.70. The van der Waals surface area contributed by atoms with Gasteiger partial charge in [-0.25, -0.2) is 12.8 Å². The van der Waals surface area contributed by atoms with Gasteiger partial charge in [0.25, 0.3) is 10.0 Å². The highest BCUT2D eigenvalue weighted by Gasteiger charge is 2.40. The second-order valence-corrected chi connectivity index (χ2v) is 9.60. The number of hydrogen-bond acceptors (Lipinski definition) is 6. The average molecular weight is 426 g/mol. The summed E-state index contributed by atoms with van der Waals surface area (Å²) in [4.78, 5) is 17.2. The predicted octanol–water partition coefficient (Wildman–Crippen LogP) is 3.14. The first-order valence-electron chi connectivity index (χ1n) is 9.19. The predicted molar refractivity (Wildman–Crippen MR) is 112 cm³/mol. The fourth-order valence-corrected chi connectivity index (χ4v) is 4.98. The Bertz CT molecular complexity index is 1360. The number of ketones is 1. The van der Waals surface area contributed by atoms with Gasteiger partial charge in [-0.05, 0) is 44.0 Å². The van der Waals surface area contributed by atoms with Gasteiger partial charge in [-0.1, -0.05) is 24.3 Å². The van der Waals surface area contributed by atoms with Gasteiger partial charge in [-0.2, -0.15) is 9.19 Å². The smallest absolute Gasteiger partial charge is 0.263 e. The number of carbonyl (C=O) groups is 1. The Morgan fingerprint density at radius 2 is 2.03 bits per heavy atom. The summed E-state index contributed by atoms with van der Waals surface area (Å²) < 4.78 is 40.8. The van der Waals surface area contributed by atoms with Crippen LogP contribution in [0.15, 0.2) is 54.9 Å². The number of nitrogens with zero attached hydrogens (tertiary/aromatic N) is 3. The summed E-state index contributed by atoms with van der Waals surface area (Å²) in [6.07, 6.45) is 9.50. The minimum absolute atomic E-state index is 0.0193. The molecule has 0 radical (unpaired) electrons. The molecule has 3 aromatic rings. The Morgan fingerprint density at radius 3 is 2.73 bits per heavy atom. The maximum atomic E-state index is 14.8. The van der Waals surface area contributed by atoms with Crippen LogP contribution in [0.2, 0.25) is 0 Å². The van der Waals surface area contributed by atoms with Gasteiger partial charge in [0.2, 0.25) is 5.78 Å². The van der Waals surface area contributed by atoms with Gasteiger partial charge in [0.15, 0.2) is 0 Å². The molecule has 2 heterocycles. The van der Waals surface area contributed by atoms with E-state index in [4.69, 9.17) is 5.73 Å². The minimum Gasteiger partial charge on any atom is -0.397 e. The summed E-state index contributed by atoms with van der Waals surface area (Å²) in [5.74, 6) is -1.34. The second kappa shape index (κ2) is 6.88. The second-order valence-electron chi connectivity index (χ2n) is 7.37. The molecule has 0 saturated heterocycles. The van der Waals surface area contributed by atoms with E-state index in [1.165, 1.54) is 18.5 Å². The molecule has 4 rings (SSSR count). The van der Waals surface area contributed by atoms with Crippen LogP contribution in [0.1, 0.15) is 35.0 Å². The molecule has 7 nitrogen and oxygen atoms in total. The summed E-state index contributed by atoms with van der Waals surface area (Å²) in [6.45, 7) is 3.28. The van der Waals surface area contributed by atoms with Crippen LogP contribution in [0.25, 0.3) is 10.9 Å². The Hall–Kier alpha value is -3.33. The van der Waals surface area contributed by atoms with Crippen LogP contribution < -0.4 is 5.73 Å². The lowest BCUT2D eigenvalue weighted by Crippen LogP contribution is -2.38. The zero-order valence-corrected chi connectivity index (χ0v) is 17.1. The quantitative estimate of drug-likeness (QED) is 0.642. The molecule has 0 fully saturated rings. The maximum Gasteiger partial charge on any atom is 0.263 e. The van der Waals surface area contributed by atoms with Gasteiger partial charge in [-0.15, -0.1) is 0 Å². The lowest BCUT2D eigenvalue weighted by Gasteiger charge is -2.26. The van der Waals surface area contributed by atoms with Gasteiger partial charge < -0.3 is 5.73 Å². The molecule has 154 valence electrons. The number of nitrogen functional groups attached to an aromatic ring is 1. The Kier molecular flexibility index (Phi) is 4.58. The van der Waals surface area contributed by atoms with Gasteiger partial charge >= 0.3 is 0 Å². The molecule has 0 aliphatic heterocycles. The highest BCUT2D eigenvalue weighted by atomic mass is 32.2. The van der Waals surface area contributed by atoms with Crippen LogP contribution in [0.4, 0.5) is 10.1 Å².